The Morgan fingerprint density at radius 2 is 1.93 bits per heavy atom. The van der Waals surface area contributed by atoms with Crippen LogP contribution >= 0.6 is 0 Å². The number of aromatic nitrogens is 3. The van der Waals surface area contributed by atoms with Crippen molar-refractivity contribution in [1.82, 2.24) is 19.4 Å². The predicted molar refractivity (Wildman–Crippen MR) is 101 cm³/mol. The maximum atomic E-state index is 12.7. The average Bonchev–Trinajstić information content (AvgIpc) is 2.99. The van der Waals surface area contributed by atoms with Crippen LogP contribution in [0, 0.1) is 13.8 Å². The van der Waals surface area contributed by atoms with Crippen LogP contribution in [-0.4, -0.2) is 51.5 Å². The fourth-order valence-electron chi connectivity index (χ4n) is 3.35. The number of amides is 1. The lowest BCUT2D eigenvalue weighted by atomic mass is 10.2. The van der Waals surface area contributed by atoms with Crippen molar-refractivity contribution in [3.05, 3.63) is 52.4 Å². The number of piperazine rings is 1. The van der Waals surface area contributed by atoms with Gasteiger partial charge in [-0.1, -0.05) is 6.07 Å². The van der Waals surface area contributed by atoms with E-state index in [2.05, 4.69) is 14.9 Å². The monoisotopic (exact) mass is 367 g/mol. The number of rotatable bonds is 3. The molecule has 0 atom stereocenters. The average molecular weight is 367 g/mol. The number of hydrogen-bond donors (Lipinski definition) is 0. The summed E-state index contributed by atoms with van der Waals surface area (Å²) in [4.78, 5) is 37.8. The van der Waals surface area contributed by atoms with E-state index in [1.807, 2.05) is 25.1 Å². The van der Waals surface area contributed by atoms with Gasteiger partial charge in [-0.3, -0.25) is 14.2 Å². The zero-order chi connectivity index (χ0) is 19.0. The number of nitrogens with zero attached hydrogens (tertiary/aromatic N) is 5. The Morgan fingerprint density at radius 3 is 2.63 bits per heavy atom. The van der Waals surface area contributed by atoms with E-state index in [9.17, 15) is 9.59 Å². The van der Waals surface area contributed by atoms with Crippen LogP contribution in [-0.2, 0) is 11.3 Å². The van der Waals surface area contributed by atoms with Crippen molar-refractivity contribution >= 4 is 22.8 Å². The van der Waals surface area contributed by atoms with Crippen molar-refractivity contribution in [2.45, 2.75) is 20.4 Å². The summed E-state index contributed by atoms with van der Waals surface area (Å²) in [6.45, 7) is 6.24. The summed E-state index contributed by atoms with van der Waals surface area (Å²) < 4.78 is 6.84. The number of carbonyl (C=O) groups excluding carboxylic acids is 1. The molecule has 1 saturated heterocycles. The zero-order valence-electron chi connectivity index (χ0n) is 15.4. The number of hydrogen-bond acceptors (Lipinski definition) is 6. The van der Waals surface area contributed by atoms with Crippen molar-refractivity contribution in [1.29, 1.82) is 0 Å². The van der Waals surface area contributed by atoms with E-state index in [0.29, 0.717) is 29.9 Å². The Kier molecular flexibility index (Phi) is 4.39. The summed E-state index contributed by atoms with van der Waals surface area (Å²) in [6, 6.07) is 5.80. The fourth-order valence-corrected chi connectivity index (χ4v) is 3.35. The highest BCUT2D eigenvalue weighted by Gasteiger charge is 2.23. The van der Waals surface area contributed by atoms with Gasteiger partial charge in [-0.2, -0.15) is 0 Å². The lowest BCUT2D eigenvalue weighted by Crippen LogP contribution is -2.50. The second kappa shape index (κ2) is 6.86. The molecule has 0 spiro atoms. The molecule has 27 heavy (non-hydrogen) atoms. The third-order valence-corrected chi connectivity index (χ3v) is 5.07. The Labute approximate surface area is 156 Å². The maximum absolute atomic E-state index is 12.7. The van der Waals surface area contributed by atoms with Gasteiger partial charge >= 0.3 is 0 Å². The summed E-state index contributed by atoms with van der Waals surface area (Å²) in [5.41, 5.74) is 0.853. The number of carbonyl (C=O) groups is 1. The van der Waals surface area contributed by atoms with Crippen molar-refractivity contribution < 1.29 is 9.21 Å². The van der Waals surface area contributed by atoms with Crippen LogP contribution in [0.2, 0.25) is 0 Å². The molecule has 4 rings (SSSR count). The van der Waals surface area contributed by atoms with E-state index in [-0.39, 0.29) is 18.0 Å². The lowest BCUT2D eigenvalue weighted by Gasteiger charge is -2.35. The molecular weight excluding hydrogens is 346 g/mol. The molecule has 0 unspecified atom stereocenters. The van der Waals surface area contributed by atoms with Crippen molar-refractivity contribution in [3.63, 3.8) is 0 Å². The van der Waals surface area contributed by atoms with Gasteiger partial charge in [0.25, 0.3) is 5.56 Å². The van der Waals surface area contributed by atoms with Crippen molar-refractivity contribution in [2.75, 3.05) is 31.1 Å². The van der Waals surface area contributed by atoms with Gasteiger partial charge in [0.1, 0.15) is 29.8 Å². The lowest BCUT2D eigenvalue weighted by molar-refractivity contribution is -0.132. The quantitative estimate of drug-likeness (QED) is 0.695. The summed E-state index contributed by atoms with van der Waals surface area (Å²) in [7, 11) is 0. The van der Waals surface area contributed by atoms with Gasteiger partial charge in [-0.05, 0) is 26.0 Å². The minimum atomic E-state index is -0.241. The Morgan fingerprint density at radius 1 is 1.15 bits per heavy atom. The first-order valence-electron chi connectivity index (χ1n) is 8.93. The van der Waals surface area contributed by atoms with E-state index in [0.717, 1.165) is 24.5 Å². The van der Waals surface area contributed by atoms with E-state index in [1.165, 1.54) is 10.9 Å². The molecule has 1 amide bonds. The first-order valence-corrected chi connectivity index (χ1v) is 8.93. The van der Waals surface area contributed by atoms with Crippen LogP contribution in [0.15, 0.2) is 39.9 Å². The van der Waals surface area contributed by atoms with E-state index >= 15 is 0 Å². The second-order valence-corrected chi connectivity index (χ2v) is 6.70. The summed E-state index contributed by atoms with van der Waals surface area (Å²) >= 11 is 0. The van der Waals surface area contributed by atoms with E-state index in [4.69, 9.17) is 4.42 Å². The molecular formula is C19H21N5O3. The maximum Gasteiger partial charge on any atom is 0.265 e. The third kappa shape index (κ3) is 3.18. The van der Waals surface area contributed by atoms with Gasteiger partial charge in [0.2, 0.25) is 11.6 Å². The normalized spacial score (nSPS) is 14.7. The number of aryl methyl sites for hydroxylation is 2. The molecule has 0 aromatic carbocycles. The molecule has 1 fully saturated rings. The van der Waals surface area contributed by atoms with Gasteiger partial charge in [0, 0.05) is 37.9 Å². The van der Waals surface area contributed by atoms with Crippen LogP contribution in [0.1, 0.15) is 11.3 Å². The van der Waals surface area contributed by atoms with Crippen LogP contribution < -0.4 is 10.5 Å². The molecule has 1 aliphatic rings. The first-order chi connectivity index (χ1) is 13.0. The van der Waals surface area contributed by atoms with Gasteiger partial charge in [-0.15, -0.1) is 0 Å². The van der Waals surface area contributed by atoms with E-state index < -0.39 is 0 Å². The van der Waals surface area contributed by atoms with Gasteiger partial charge in [0.15, 0.2) is 0 Å². The molecule has 4 heterocycles. The molecule has 8 heteroatoms. The Hall–Kier alpha value is -3.16. The first kappa shape index (κ1) is 17.3. The molecule has 0 bridgehead atoms. The van der Waals surface area contributed by atoms with Crippen LogP contribution in [0.5, 0.6) is 0 Å². The molecule has 0 aliphatic carbocycles. The van der Waals surface area contributed by atoms with Crippen LogP contribution in [0.3, 0.4) is 0 Å². The van der Waals surface area contributed by atoms with Gasteiger partial charge in [-0.25, -0.2) is 9.97 Å². The highest BCUT2D eigenvalue weighted by molar-refractivity contribution is 5.79. The minimum absolute atomic E-state index is 0.0188. The van der Waals surface area contributed by atoms with E-state index in [1.54, 1.807) is 18.0 Å². The van der Waals surface area contributed by atoms with Crippen molar-refractivity contribution in [2.24, 2.45) is 0 Å². The molecule has 0 radical (unpaired) electrons. The third-order valence-electron chi connectivity index (χ3n) is 5.07. The topological polar surface area (TPSA) is 84.5 Å². The highest BCUT2D eigenvalue weighted by atomic mass is 16.3. The SMILES string of the molecule is Cc1oc2ncn(CC(=O)N3CCN(c4ccccn4)CC3)c(=O)c2c1C. The molecule has 3 aromatic heterocycles. The van der Waals surface area contributed by atoms with Crippen molar-refractivity contribution in [3.8, 4) is 0 Å². The number of anilines is 1. The summed E-state index contributed by atoms with van der Waals surface area (Å²) in [5.74, 6) is 1.50. The minimum Gasteiger partial charge on any atom is -0.443 e. The largest absolute Gasteiger partial charge is 0.443 e. The highest BCUT2D eigenvalue weighted by Crippen LogP contribution is 2.19. The molecule has 0 saturated carbocycles. The second-order valence-electron chi connectivity index (χ2n) is 6.70. The summed E-state index contributed by atoms with van der Waals surface area (Å²) in [6.07, 6.45) is 3.15. The summed E-state index contributed by atoms with van der Waals surface area (Å²) in [5, 5.41) is 0.447. The van der Waals surface area contributed by atoms with Gasteiger partial charge in [0.05, 0.1) is 0 Å². The van der Waals surface area contributed by atoms with Crippen LogP contribution in [0.4, 0.5) is 5.82 Å². The fraction of sp³-hybridized carbons (Fsp3) is 0.368. The smallest absolute Gasteiger partial charge is 0.265 e. The number of pyridine rings is 1. The molecule has 8 nitrogen and oxygen atoms in total. The zero-order valence-corrected chi connectivity index (χ0v) is 15.4. The standard InChI is InChI=1S/C19H21N5O3/c1-13-14(2)27-18-17(13)19(26)24(12-21-18)11-16(25)23-9-7-22(8-10-23)15-5-3-4-6-20-15/h3-6,12H,7-11H2,1-2H3. The number of fused-ring (bicyclic) bond motifs is 1. The Bertz CT molecular complexity index is 1030. The van der Waals surface area contributed by atoms with Crippen LogP contribution in [0.25, 0.3) is 11.1 Å². The molecule has 140 valence electrons. The van der Waals surface area contributed by atoms with Gasteiger partial charge < -0.3 is 14.2 Å². The number of furan rings is 1. The Balaban J connectivity index is 1.46. The molecule has 3 aromatic rings. The predicted octanol–water partition coefficient (Wildman–Crippen LogP) is 1.35. The molecule has 0 N–H and O–H groups in total. The molecule has 1 aliphatic heterocycles.